The fourth-order valence-corrected chi connectivity index (χ4v) is 3.21. The first kappa shape index (κ1) is 16.1. The molecule has 1 N–H and O–H groups in total. The molecule has 2 aromatic carbocycles. The Bertz CT molecular complexity index is 861. The number of carbonyl (C=O) groups is 1. The molecule has 7 nitrogen and oxygen atoms in total. The molecule has 0 atom stereocenters. The van der Waals surface area contributed by atoms with E-state index < -0.39 is 16.0 Å². The van der Waals surface area contributed by atoms with Crippen molar-refractivity contribution in [1.82, 2.24) is 0 Å². The van der Waals surface area contributed by atoms with Crippen LogP contribution in [0.15, 0.2) is 47.4 Å². The van der Waals surface area contributed by atoms with Gasteiger partial charge in [0.1, 0.15) is 0 Å². The molecular formula is C16H15NO6S. The van der Waals surface area contributed by atoms with Gasteiger partial charge in [0.05, 0.1) is 22.8 Å². The molecule has 0 aromatic heterocycles. The highest BCUT2D eigenvalue weighted by atomic mass is 32.2. The van der Waals surface area contributed by atoms with Crippen molar-refractivity contribution < 1.29 is 27.4 Å². The minimum Gasteiger partial charge on any atom is -0.462 e. The van der Waals surface area contributed by atoms with Crippen LogP contribution in [0.1, 0.15) is 17.3 Å². The number of esters is 1. The van der Waals surface area contributed by atoms with Crippen LogP contribution in [0.4, 0.5) is 5.69 Å². The standard InChI is InChI=1S/C16H15NO6S/c1-2-21-16(18)11-3-6-13(7-4-11)24(19,20)17-12-5-8-14-15(9-12)23-10-22-14/h3-9,17H,2,10H2,1H3. The largest absolute Gasteiger partial charge is 0.462 e. The van der Waals surface area contributed by atoms with Crippen molar-refractivity contribution in [2.45, 2.75) is 11.8 Å². The van der Waals surface area contributed by atoms with Gasteiger partial charge in [0, 0.05) is 6.07 Å². The SMILES string of the molecule is CCOC(=O)c1ccc(S(=O)(=O)Nc2ccc3c(c2)OCO3)cc1. The summed E-state index contributed by atoms with van der Waals surface area (Å²) in [6, 6.07) is 10.3. The molecular weight excluding hydrogens is 334 g/mol. The zero-order valence-electron chi connectivity index (χ0n) is 12.8. The lowest BCUT2D eigenvalue weighted by Gasteiger charge is -2.09. The molecule has 0 unspecified atom stereocenters. The van der Waals surface area contributed by atoms with Gasteiger partial charge < -0.3 is 14.2 Å². The van der Waals surface area contributed by atoms with E-state index in [0.29, 0.717) is 22.7 Å². The van der Waals surface area contributed by atoms with Gasteiger partial charge in [0.25, 0.3) is 10.0 Å². The molecule has 3 rings (SSSR count). The second-order valence-electron chi connectivity index (χ2n) is 4.92. The highest BCUT2D eigenvalue weighted by Gasteiger charge is 2.18. The summed E-state index contributed by atoms with van der Waals surface area (Å²) >= 11 is 0. The summed E-state index contributed by atoms with van der Waals surface area (Å²) < 4.78 is 42.5. The summed E-state index contributed by atoms with van der Waals surface area (Å²) in [6.07, 6.45) is 0. The number of hydrogen-bond donors (Lipinski definition) is 1. The highest BCUT2D eigenvalue weighted by molar-refractivity contribution is 7.92. The van der Waals surface area contributed by atoms with Gasteiger partial charge in [-0.25, -0.2) is 13.2 Å². The summed E-state index contributed by atoms with van der Waals surface area (Å²) in [5, 5.41) is 0. The predicted octanol–water partition coefficient (Wildman–Crippen LogP) is 2.39. The van der Waals surface area contributed by atoms with E-state index >= 15 is 0 Å². The van der Waals surface area contributed by atoms with Gasteiger partial charge in [0.15, 0.2) is 11.5 Å². The van der Waals surface area contributed by atoms with Crippen molar-refractivity contribution in [2.24, 2.45) is 0 Å². The van der Waals surface area contributed by atoms with E-state index in [-0.39, 0.29) is 18.3 Å². The van der Waals surface area contributed by atoms with Gasteiger partial charge >= 0.3 is 5.97 Å². The van der Waals surface area contributed by atoms with Gasteiger partial charge in [-0.2, -0.15) is 0 Å². The third kappa shape index (κ3) is 3.28. The van der Waals surface area contributed by atoms with Gasteiger partial charge in [-0.15, -0.1) is 0 Å². The minimum absolute atomic E-state index is 0.0354. The van der Waals surface area contributed by atoms with Crippen LogP contribution in [0.5, 0.6) is 11.5 Å². The quantitative estimate of drug-likeness (QED) is 0.834. The molecule has 1 heterocycles. The lowest BCUT2D eigenvalue weighted by molar-refractivity contribution is 0.0526. The number of ether oxygens (including phenoxy) is 3. The maximum absolute atomic E-state index is 12.4. The fourth-order valence-electron chi connectivity index (χ4n) is 2.16. The molecule has 0 saturated heterocycles. The van der Waals surface area contributed by atoms with Crippen LogP contribution in [0.3, 0.4) is 0 Å². The van der Waals surface area contributed by atoms with Crippen LogP contribution in [-0.2, 0) is 14.8 Å². The van der Waals surface area contributed by atoms with Gasteiger partial charge in [0.2, 0.25) is 6.79 Å². The average molecular weight is 349 g/mol. The van der Waals surface area contributed by atoms with Crippen LogP contribution in [-0.4, -0.2) is 27.8 Å². The van der Waals surface area contributed by atoms with Crippen molar-refractivity contribution in [3.05, 3.63) is 48.0 Å². The van der Waals surface area contributed by atoms with Gasteiger partial charge in [-0.3, -0.25) is 4.72 Å². The molecule has 0 fully saturated rings. The third-order valence-electron chi connectivity index (χ3n) is 3.30. The number of sulfonamides is 1. The maximum Gasteiger partial charge on any atom is 0.338 e. The highest BCUT2D eigenvalue weighted by Crippen LogP contribution is 2.34. The van der Waals surface area contributed by atoms with E-state index in [1.54, 1.807) is 25.1 Å². The number of anilines is 1. The molecule has 0 saturated carbocycles. The lowest BCUT2D eigenvalue weighted by Crippen LogP contribution is -2.13. The summed E-state index contributed by atoms with van der Waals surface area (Å²) in [4.78, 5) is 11.6. The van der Waals surface area contributed by atoms with Crippen LogP contribution < -0.4 is 14.2 Å². The first-order valence-corrected chi connectivity index (χ1v) is 8.67. The first-order valence-electron chi connectivity index (χ1n) is 7.19. The zero-order valence-corrected chi connectivity index (χ0v) is 13.6. The third-order valence-corrected chi connectivity index (χ3v) is 4.70. The van der Waals surface area contributed by atoms with Gasteiger partial charge in [-0.05, 0) is 43.3 Å². The molecule has 126 valence electrons. The predicted molar refractivity (Wildman–Crippen MR) is 85.8 cm³/mol. The first-order chi connectivity index (χ1) is 11.5. The van der Waals surface area contributed by atoms with Crippen molar-refractivity contribution in [2.75, 3.05) is 18.1 Å². The lowest BCUT2D eigenvalue weighted by atomic mass is 10.2. The molecule has 0 aliphatic carbocycles. The Kier molecular flexibility index (Phi) is 4.30. The van der Waals surface area contributed by atoms with E-state index in [0.717, 1.165) is 0 Å². The fraction of sp³-hybridized carbons (Fsp3) is 0.188. The van der Waals surface area contributed by atoms with Crippen molar-refractivity contribution in [3.63, 3.8) is 0 Å². The zero-order chi connectivity index (χ0) is 17.2. The monoisotopic (exact) mass is 349 g/mol. The van der Waals surface area contributed by atoms with E-state index in [1.165, 1.54) is 24.3 Å². The van der Waals surface area contributed by atoms with Crippen molar-refractivity contribution in [3.8, 4) is 11.5 Å². The number of fused-ring (bicyclic) bond motifs is 1. The number of nitrogens with one attached hydrogen (secondary N) is 1. The molecule has 0 radical (unpaired) electrons. The summed E-state index contributed by atoms with van der Waals surface area (Å²) in [5.41, 5.74) is 0.646. The molecule has 0 bridgehead atoms. The van der Waals surface area contributed by atoms with Gasteiger partial charge in [-0.1, -0.05) is 0 Å². The normalized spacial score (nSPS) is 12.7. The second-order valence-corrected chi connectivity index (χ2v) is 6.60. The van der Waals surface area contributed by atoms with E-state index in [1.807, 2.05) is 0 Å². The molecule has 24 heavy (non-hydrogen) atoms. The maximum atomic E-state index is 12.4. The van der Waals surface area contributed by atoms with E-state index in [9.17, 15) is 13.2 Å². The Morgan fingerprint density at radius 2 is 1.83 bits per heavy atom. The second kappa shape index (κ2) is 6.40. The number of rotatable bonds is 5. The summed E-state index contributed by atoms with van der Waals surface area (Å²) in [7, 11) is -3.78. The molecule has 0 spiro atoms. The van der Waals surface area contributed by atoms with Crippen LogP contribution in [0.2, 0.25) is 0 Å². The van der Waals surface area contributed by atoms with Crippen molar-refractivity contribution >= 4 is 21.7 Å². The average Bonchev–Trinajstić information content (AvgIpc) is 3.02. The van der Waals surface area contributed by atoms with Crippen LogP contribution in [0.25, 0.3) is 0 Å². The molecule has 2 aromatic rings. The molecule has 1 aliphatic heterocycles. The number of hydrogen-bond acceptors (Lipinski definition) is 6. The van der Waals surface area contributed by atoms with Crippen LogP contribution in [0, 0.1) is 0 Å². The Balaban J connectivity index is 1.79. The molecule has 0 amide bonds. The van der Waals surface area contributed by atoms with Crippen molar-refractivity contribution in [1.29, 1.82) is 0 Å². The topological polar surface area (TPSA) is 90.9 Å². The molecule has 8 heteroatoms. The van der Waals surface area contributed by atoms with Crippen LogP contribution >= 0.6 is 0 Å². The number of benzene rings is 2. The van der Waals surface area contributed by atoms with E-state index in [2.05, 4.69) is 4.72 Å². The Hall–Kier alpha value is -2.74. The smallest absolute Gasteiger partial charge is 0.338 e. The Labute approximate surface area is 139 Å². The number of carbonyl (C=O) groups excluding carboxylic acids is 1. The Morgan fingerprint density at radius 3 is 2.54 bits per heavy atom. The Morgan fingerprint density at radius 1 is 1.12 bits per heavy atom. The van der Waals surface area contributed by atoms with E-state index in [4.69, 9.17) is 14.2 Å². The minimum atomic E-state index is -3.78. The molecule has 1 aliphatic rings. The summed E-state index contributed by atoms with van der Waals surface area (Å²) in [6.45, 7) is 2.07. The summed E-state index contributed by atoms with van der Waals surface area (Å²) in [5.74, 6) is 0.551.